The molecule has 1 atom stereocenters. The largest absolute Gasteiger partial charge is 0.338 e. The Labute approximate surface area is 108 Å². The molecule has 2 aromatic rings. The van der Waals surface area contributed by atoms with Crippen LogP contribution in [0.3, 0.4) is 0 Å². The van der Waals surface area contributed by atoms with Crippen molar-refractivity contribution in [1.82, 2.24) is 15.0 Å². The van der Waals surface area contributed by atoms with Gasteiger partial charge in [-0.3, -0.25) is 4.90 Å². The van der Waals surface area contributed by atoms with E-state index in [1.165, 1.54) is 5.56 Å². The van der Waals surface area contributed by atoms with Gasteiger partial charge in [0, 0.05) is 6.54 Å². The van der Waals surface area contributed by atoms with E-state index >= 15 is 0 Å². The molecular weight excluding hydrogens is 226 g/mol. The SMILES string of the molecule is Cc1noc(CN(C)C[C@H](C)c2ccccc2)n1. The van der Waals surface area contributed by atoms with Crippen LogP contribution in [-0.4, -0.2) is 28.6 Å². The van der Waals surface area contributed by atoms with E-state index in [2.05, 4.69) is 53.3 Å². The van der Waals surface area contributed by atoms with Crippen molar-refractivity contribution in [3.63, 3.8) is 0 Å². The summed E-state index contributed by atoms with van der Waals surface area (Å²) in [5.74, 6) is 1.85. The molecule has 1 heterocycles. The van der Waals surface area contributed by atoms with Crippen LogP contribution in [0.2, 0.25) is 0 Å². The molecule has 0 spiro atoms. The predicted octanol–water partition coefficient (Wildman–Crippen LogP) is 2.61. The van der Waals surface area contributed by atoms with Crippen molar-refractivity contribution in [3.05, 3.63) is 47.6 Å². The van der Waals surface area contributed by atoms with Crippen LogP contribution in [0.15, 0.2) is 34.9 Å². The maximum absolute atomic E-state index is 5.12. The Hall–Kier alpha value is -1.68. The summed E-state index contributed by atoms with van der Waals surface area (Å²) >= 11 is 0. The Morgan fingerprint density at radius 3 is 2.61 bits per heavy atom. The fourth-order valence-electron chi connectivity index (χ4n) is 2.05. The maximum atomic E-state index is 5.12. The Morgan fingerprint density at radius 1 is 1.28 bits per heavy atom. The minimum Gasteiger partial charge on any atom is -0.338 e. The topological polar surface area (TPSA) is 42.2 Å². The minimum atomic E-state index is 0.486. The molecule has 0 amide bonds. The zero-order chi connectivity index (χ0) is 13.0. The zero-order valence-electron chi connectivity index (χ0n) is 11.1. The lowest BCUT2D eigenvalue weighted by Crippen LogP contribution is -2.23. The Bertz CT molecular complexity index is 481. The summed E-state index contributed by atoms with van der Waals surface area (Å²) in [6, 6.07) is 10.5. The van der Waals surface area contributed by atoms with Crippen LogP contribution in [0.4, 0.5) is 0 Å². The van der Waals surface area contributed by atoms with Crippen molar-refractivity contribution in [2.45, 2.75) is 26.3 Å². The van der Waals surface area contributed by atoms with Gasteiger partial charge in [-0.15, -0.1) is 0 Å². The van der Waals surface area contributed by atoms with E-state index in [1.54, 1.807) is 0 Å². The van der Waals surface area contributed by atoms with Gasteiger partial charge in [-0.25, -0.2) is 0 Å². The van der Waals surface area contributed by atoms with Crippen LogP contribution in [0.25, 0.3) is 0 Å². The molecule has 96 valence electrons. The number of rotatable bonds is 5. The number of hydrogen-bond acceptors (Lipinski definition) is 4. The first-order valence-corrected chi connectivity index (χ1v) is 6.18. The zero-order valence-corrected chi connectivity index (χ0v) is 11.1. The average molecular weight is 245 g/mol. The third-order valence-electron chi connectivity index (χ3n) is 2.93. The van der Waals surface area contributed by atoms with Gasteiger partial charge in [0.15, 0.2) is 5.82 Å². The highest BCUT2D eigenvalue weighted by atomic mass is 16.5. The minimum absolute atomic E-state index is 0.486. The first kappa shape index (κ1) is 12.8. The first-order valence-electron chi connectivity index (χ1n) is 6.18. The van der Waals surface area contributed by atoms with Crippen molar-refractivity contribution in [2.75, 3.05) is 13.6 Å². The average Bonchev–Trinajstić information content (AvgIpc) is 2.75. The molecule has 0 N–H and O–H groups in total. The second kappa shape index (κ2) is 5.78. The number of benzene rings is 1. The van der Waals surface area contributed by atoms with Gasteiger partial charge in [0.05, 0.1) is 6.54 Å². The predicted molar refractivity (Wildman–Crippen MR) is 70.2 cm³/mol. The second-order valence-corrected chi connectivity index (χ2v) is 4.74. The summed E-state index contributed by atoms with van der Waals surface area (Å²) in [7, 11) is 2.07. The van der Waals surface area contributed by atoms with E-state index in [-0.39, 0.29) is 0 Å². The Balaban J connectivity index is 1.89. The molecule has 1 aromatic carbocycles. The number of aromatic nitrogens is 2. The second-order valence-electron chi connectivity index (χ2n) is 4.74. The number of likely N-dealkylation sites (N-methyl/N-ethyl adjacent to an activating group) is 1. The van der Waals surface area contributed by atoms with Crippen LogP contribution in [0.5, 0.6) is 0 Å². The number of aryl methyl sites for hydroxylation is 1. The van der Waals surface area contributed by atoms with Crippen molar-refractivity contribution < 1.29 is 4.52 Å². The fraction of sp³-hybridized carbons (Fsp3) is 0.429. The van der Waals surface area contributed by atoms with E-state index < -0.39 is 0 Å². The molecule has 4 heteroatoms. The molecule has 4 nitrogen and oxygen atoms in total. The molecule has 0 aliphatic carbocycles. The summed E-state index contributed by atoms with van der Waals surface area (Å²) in [4.78, 5) is 6.41. The molecule has 0 fully saturated rings. The van der Waals surface area contributed by atoms with Gasteiger partial charge < -0.3 is 4.52 Å². The summed E-state index contributed by atoms with van der Waals surface area (Å²) in [5.41, 5.74) is 1.35. The molecule has 0 saturated carbocycles. The smallest absolute Gasteiger partial charge is 0.240 e. The van der Waals surface area contributed by atoms with Crippen LogP contribution in [0, 0.1) is 6.92 Å². The molecule has 0 unspecified atom stereocenters. The van der Waals surface area contributed by atoms with Crippen LogP contribution in [-0.2, 0) is 6.54 Å². The van der Waals surface area contributed by atoms with Gasteiger partial charge >= 0.3 is 0 Å². The highest BCUT2D eigenvalue weighted by Gasteiger charge is 2.11. The van der Waals surface area contributed by atoms with E-state index in [1.807, 2.05) is 13.0 Å². The molecule has 0 aliphatic rings. The number of hydrogen-bond donors (Lipinski definition) is 0. The normalized spacial score (nSPS) is 12.9. The van der Waals surface area contributed by atoms with Crippen molar-refractivity contribution in [1.29, 1.82) is 0 Å². The van der Waals surface area contributed by atoms with Crippen molar-refractivity contribution >= 4 is 0 Å². The fourth-order valence-corrected chi connectivity index (χ4v) is 2.05. The Morgan fingerprint density at radius 2 is 2.00 bits per heavy atom. The molecule has 1 aromatic heterocycles. The maximum Gasteiger partial charge on any atom is 0.240 e. The number of nitrogens with zero attached hydrogens (tertiary/aromatic N) is 3. The molecular formula is C14H19N3O. The van der Waals surface area contributed by atoms with Crippen molar-refractivity contribution in [2.24, 2.45) is 0 Å². The first-order chi connectivity index (χ1) is 8.65. The molecule has 0 bridgehead atoms. The van der Waals surface area contributed by atoms with Crippen LogP contribution >= 0.6 is 0 Å². The quantitative estimate of drug-likeness (QED) is 0.812. The van der Waals surface area contributed by atoms with Gasteiger partial charge in [-0.2, -0.15) is 4.98 Å². The molecule has 0 saturated heterocycles. The molecule has 0 aliphatic heterocycles. The highest BCUT2D eigenvalue weighted by Crippen LogP contribution is 2.16. The lowest BCUT2D eigenvalue weighted by atomic mass is 10.0. The van der Waals surface area contributed by atoms with Gasteiger partial charge in [0.2, 0.25) is 5.89 Å². The Kier molecular flexibility index (Phi) is 4.10. The summed E-state index contributed by atoms with van der Waals surface area (Å²) < 4.78 is 5.12. The summed E-state index contributed by atoms with van der Waals surface area (Å²) in [6.45, 7) is 5.72. The van der Waals surface area contributed by atoms with E-state index in [4.69, 9.17) is 4.52 Å². The monoisotopic (exact) mass is 245 g/mol. The van der Waals surface area contributed by atoms with Gasteiger partial charge in [-0.1, -0.05) is 42.4 Å². The summed E-state index contributed by atoms with van der Waals surface area (Å²) in [6.07, 6.45) is 0. The van der Waals surface area contributed by atoms with Gasteiger partial charge in [0.25, 0.3) is 0 Å². The van der Waals surface area contributed by atoms with E-state index in [0.717, 1.165) is 6.54 Å². The molecule has 18 heavy (non-hydrogen) atoms. The van der Waals surface area contributed by atoms with Gasteiger partial charge in [0.1, 0.15) is 0 Å². The van der Waals surface area contributed by atoms with E-state index in [0.29, 0.717) is 24.2 Å². The lowest BCUT2D eigenvalue weighted by molar-refractivity contribution is 0.257. The lowest BCUT2D eigenvalue weighted by Gasteiger charge is -2.19. The van der Waals surface area contributed by atoms with E-state index in [9.17, 15) is 0 Å². The molecule has 2 rings (SSSR count). The third-order valence-corrected chi connectivity index (χ3v) is 2.93. The molecule has 0 radical (unpaired) electrons. The van der Waals surface area contributed by atoms with Crippen LogP contribution in [0.1, 0.15) is 30.1 Å². The third kappa shape index (κ3) is 3.40. The summed E-state index contributed by atoms with van der Waals surface area (Å²) in [5, 5.41) is 3.79. The highest BCUT2D eigenvalue weighted by molar-refractivity contribution is 5.18. The van der Waals surface area contributed by atoms with Crippen molar-refractivity contribution in [3.8, 4) is 0 Å². The standard InChI is InChI=1S/C14H19N3O/c1-11(13-7-5-4-6-8-13)9-17(3)10-14-15-12(2)16-18-14/h4-8,11H,9-10H2,1-3H3/t11-/m0/s1. The van der Waals surface area contributed by atoms with Gasteiger partial charge in [-0.05, 0) is 25.5 Å². The van der Waals surface area contributed by atoms with Crippen LogP contribution < -0.4 is 0 Å².